The summed E-state index contributed by atoms with van der Waals surface area (Å²) in [5.41, 5.74) is 1.53. The fourth-order valence-corrected chi connectivity index (χ4v) is 3.23. The van der Waals surface area contributed by atoms with Crippen LogP contribution in [-0.2, 0) is 14.3 Å². The van der Waals surface area contributed by atoms with Crippen LogP contribution in [0.3, 0.4) is 0 Å². The zero-order valence-electron chi connectivity index (χ0n) is 12.6. The number of fused-ring (bicyclic) bond motifs is 1. The summed E-state index contributed by atoms with van der Waals surface area (Å²) in [5, 5.41) is 0. The predicted molar refractivity (Wildman–Crippen MR) is 73.6 cm³/mol. The van der Waals surface area contributed by atoms with Crippen LogP contribution in [0.2, 0.25) is 0 Å². The third kappa shape index (κ3) is 2.35. The molecule has 3 heteroatoms. The van der Waals surface area contributed by atoms with Gasteiger partial charge in [0.05, 0.1) is 5.41 Å². The normalized spacial score (nSPS) is 31.4. The molecule has 0 aromatic rings. The van der Waals surface area contributed by atoms with Crippen molar-refractivity contribution in [3.05, 3.63) is 11.1 Å². The maximum atomic E-state index is 12.1. The Morgan fingerprint density at radius 3 is 2.53 bits per heavy atom. The molecule has 0 spiro atoms. The van der Waals surface area contributed by atoms with Crippen molar-refractivity contribution in [2.45, 2.75) is 66.4 Å². The van der Waals surface area contributed by atoms with E-state index in [9.17, 15) is 9.59 Å². The average Bonchev–Trinajstić information content (AvgIpc) is 2.62. The molecule has 0 amide bonds. The topological polar surface area (TPSA) is 43.4 Å². The van der Waals surface area contributed by atoms with Gasteiger partial charge < -0.3 is 4.74 Å². The summed E-state index contributed by atoms with van der Waals surface area (Å²) in [4.78, 5) is 23.9. The molecule has 0 N–H and O–H groups in total. The van der Waals surface area contributed by atoms with Gasteiger partial charge in [-0.25, -0.2) is 0 Å². The fraction of sp³-hybridized carbons (Fsp3) is 0.750. The van der Waals surface area contributed by atoms with Crippen LogP contribution < -0.4 is 0 Å². The van der Waals surface area contributed by atoms with E-state index in [1.54, 1.807) is 0 Å². The highest BCUT2D eigenvalue weighted by molar-refractivity contribution is 5.97. The first-order valence-corrected chi connectivity index (χ1v) is 7.11. The van der Waals surface area contributed by atoms with E-state index in [1.807, 2.05) is 27.7 Å². The molecule has 19 heavy (non-hydrogen) atoms. The molecule has 2 aliphatic carbocycles. The van der Waals surface area contributed by atoms with Gasteiger partial charge in [0, 0.05) is 11.8 Å². The molecule has 2 atom stereocenters. The fourth-order valence-electron chi connectivity index (χ4n) is 3.23. The predicted octanol–water partition coefficient (Wildman–Crippen LogP) is 3.42. The minimum Gasteiger partial charge on any atom is -0.461 e. The minimum atomic E-state index is -0.470. The highest BCUT2D eigenvalue weighted by Gasteiger charge is 2.49. The molecular formula is C16H24O3. The van der Waals surface area contributed by atoms with Crippen LogP contribution in [0.25, 0.3) is 0 Å². The lowest BCUT2D eigenvalue weighted by atomic mass is 9.71. The number of hydrogen-bond donors (Lipinski definition) is 0. The molecule has 2 rings (SSSR count). The van der Waals surface area contributed by atoms with Crippen molar-refractivity contribution < 1.29 is 14.3 Å². The van der Waals surface area contributed by atoms with Gasteiger partial charge in [0.15, 0.2) is 5.78 Å². The van der Waals surface area contributed by atoms with E-state index in [0.717, 1.165) is 24.8 Å². The molecule has 0 saturated heterocycles. The van der Waals surface area contributed by atoms with Crippen molar-refractivity contribution in [3.8, 4) is 0 Å². The van der Waals surface area contributed by atoms with E-state index < -0.39 is 5.41 Å². The second-order valence-corrected chi connectivity index (χ2v) is 7.13. The summed E-state index contributed by atoms with van der Waals surface area (Å²) in [6.45, 7) is 9.69. The first kappa shape index (κ1) is 14.3. The Hall–Kier alpha value is -1.12. The molecule has 1 fully saturated rings. The molecule has 0 unspecified atom stereocenters. The number of ketones is 1. The van der Waals surface area contributed by atoms with Gasteiger partial charge >= 0.3 is 5.97 Å². The van der Waals surface area contributed by atoms with E-state index in [2.05, 4.69) is 6.92 Å². The van der Waals surface area contributed by atoms with Gasteiger partial charge in [-0.15, -0.1) is 0 Å². The standard InChI is InChI=1S/C16H24O3/c1-10-11-6-7-13(19-14(18)15(2,3)4)16(11,5)9-8-12(10)17/h13H,6-9H2,1-5H3/t13-,16-/m0/s1. The van der Waals surface area contributed by atoms with Crippen LogP contribution in [0.15, 0.2) is 11.1 Å². The number of ether oxygens (including phenoxy) is 1. The number of esters is 1. The van der Waals surface area contributed by atoms with E-state index >= 15 is 0 Å². The Labute approximate surface area is 115 Å². The Bertz CT molecular complexity index is 453. The van der Waals surface area contributed by atoms with Crippen LogP contribution in [0, 0.1) is 10.8 Å². The Balaban J connectivity index is 2.23. The van der Waals surface area contributed by atoms with Crippen molar-refractivity contribution in [3.63, 3.8) is 0 Å². The highest BCUT2D eigenvalue weighted by atomic mass is 16.5. The summed E-state index contributed by atoms with van der Waals surface area (Å²) >= 11 is 0. The van der Waals surface area contributed by atoms with Gasteiger partial charge in [-0.05, 0) is 52.5 Å². The van der Waals surface area contributed by atoms with Crippen molar-refractivity contribution in [1.82, 2.24) is 0 Å². The van der Waals surface area contributed by atoms with Crippen molar-refractivity contribution in [2.24, 2.45) is 10.8 Å². The van der Waals surface area contributed by atoms with Crippen LogP contribution in [-0.4, -0.2) is 17.9 Å². The smallest absolute Gasteiger partial charge is 0.311 e. The van der Waals surface area contributed by atoms with Gasteiger partial charge in [0.2, 0.25) is 0 Å². The summed E-state index contributed by atoms with van der Waals surface area (Å²) in [6, 6.07) is 0. The van der Waals surface area contributed by atoms with Gasteiger partial charge in [0.1, 0.15) is 6.10 Å². The molecule has 0 aromatic carbocycles. The van der Waals surface area contributed by atoms with Crippen LogP contribution in [0.4, 0.5) is 0 Å². The average molecular weight is 264 g/mol. The molecule has 0 aromatic heterocycles. The Kier molecular flexibility index (Phi) is 3.36. The second-order valence-electron chi connectivity index (χ2n) is 7.13. The van der Waals surface area contributed by atoms with E-state index in [4.69, 9.17) is 4.74 Å². The van der Waals surface area contributed by atoms with Crippen molar-refractivity contribution in [2.75, 3.05) is 0 Å². The first-order chi connectivity index (χ1) is 8.66. The number of Topliss-reactive ketones (excluding diaryl/α,β-unsaturated/α-hetero) is 1. The maximum absolute atomic E-state index is 12.1. The third-order valence-electron chi connectivity index (χ3n) is 4.66. The number of carbonyl (C=O) groups excluding carboxylic acids is 2. The second kappa shape index (κ2) is 4.46. The maximum Gasteiger partial charge on any atom is 0.311 e. The van der Waals surface area contributed by atoms with Crippen LogP contribution in [0.5, 0.6) is 0 Å². The first-order valence-electron chi connectivity index (χ1n) is 7.11. The van der Waals surface area contributed by atoms with Gasteiger partial charge in [-0.2, -0.15) is 0 Å². The van der Waals surface area contributed by atoms with E-state index in [0.29, 0.717) is 6.42 Å². The van der Waals surface area contributed by atoms with Crippen LogP contribution >= 0.6 is 0 Å². The van der Waals surface area contributed by atoms with Gasteiger partial charge in [-0.3, -0.25) is 9.59 Å². The number of carbonyl (C=O) groups is 2. The zero-order valence-corrected chi connectivity index (χ0v) is 12.6. The lowest BCUT2D eigenvalue weighted by Gasteiger charge is -2.37. The summed E-state index contributed by atoms with van der Waals surface area (Å²) in [5.74, 6) is 0.116. The monoisotopic (exact) mass is 264 g/mol. The summed E-state index contributed by atoms with van der Waals surface area (Å²) < 4.78 is 5.75. The number of allylic oxidation sites excluding steroid dienone is 1. The lowest BCUT2D eigenvalue weighted by Crippen LogP contribution is -2.38. The minimum absolute atomic E-state index is 0.0720. The van der Waals surface area contributed by atoms with Gasteiger partial charge in [-0.1, -0.05) is 12.5 Å². The largest absolute Gasteiger partial charge is 0.461 e. The van der Waals surface area contributed by atoms with Crippen molar-refractivity contribution in [1.29, 1.82) is 0 Å². The molecule has 0 radical (unpaired) electrons. The molecule has 1 saturated carbocycles. The quantitative estimate of drug-likeness (QED) is 0.681. The SMILES string of the molecule is CC1=C2CC[C@H](OC(=O)C(C)(C)C)[C@@]2(C)CCC1=O. The van der Waals surface area contributed by atoms with E-state index in [1.165, 1.54) is 5.57 Å². The number of hydrogen-bond acceptors (Lipinski definition) is 3. The summed E-state index contributed by atoms with van der Waals surface area (Å²) in [6.07, 6.45) is 3.04. The number of rotatable bonds is 1. The molecule has 2 aliphatic rings. The third-order valence-corrected chi connectivity index (χ3v) is 4.66. The molecule has 3 nitrogen and oxygen atoms in total. The van der Waals surface area contributed by atoms with Crippen LogP contribution in [0.1, 0.15) is 60.3 Å². The Morgan fingerprint density at radius 1 is 1.32 bits per heavy atom. The molecule has 0 aliphatic heterocycles. The summed E-state index contributed by atoms with van der Waals surface area (Å²) in [7, 11) is 0. The van der Waals surface area contributed by atoms with E-state index in [-0.39, 0.29) is 23.3 Å². The van der Waals surface area contributed by atoms with Gasteiger partial charge in [0.25, 0.3) is 0 Å². The molecule has 106 valence electrons. The molecule has 0 heterocycles. The highest BCUT2D eigenvalue weighted by Crippen LogP contribution is 2.52. The Morgan fingerprint density at radius 2 is 1.95 bits per heavy atom. The lowest BCUT2D eigenvalue weighted by molar-refractivity contribution is -0.163. The van der Waals surface area contributed by atoms with Crippen molar-refractivity contribution >= 4 is 11.8 Å². The molecular weight excluding hydrogens is 240 g/mol. The zero-order chi connectivity index (χ0) is 14.4. The molecule has 0 bridgehead atoms.